The number of unbranched alkanes of at least 4 members (excludes halogenated alkanes) is 1. The predicted octanol–water partition coefficient (Wildman–Crippen LogP) is 5.51. The van der Waals surface area contributed by atoms with E-state index in [-0.39, 0.29) is 16.9 Å². The fraction of sp³-hybridized carbons (Fsp3) is 0.333. The molecule has 0 aromatic heterocycles. The summed E-state index contributed by atoms with van der Waals surface area (Å²) in [6.07, 6.45) is 3.47. The second-order valence-electron chi connectivity index (χ2n) is 5.10. The van der Waals surface area contributed by atoms with Crippen LogP contribution in [-0.2, 0) is 6.42 Å². The van der Waals surface area contributed by atoms with Crippen molar-refractivity contribution >= 4 is 11.6 Å². The summed E-state index contributed by atoms with van der Waals surface area (Å²) in [7, 11) is 1.45. The maximum atomic E-state index is 13.4. The van der Waals surface area contributed by atoms with Gasteiger partial charge in [-0.2, -0.15) is 0 Å². The lowest BCUT2D eigenvalue weighted by molar-refractivity contribution is 0.386. The Labute approximate surface area is 130 Å². The number of methoxy groups -OCH3 is 1. The van der Waals surface area contributed by atoms with Gasteiger partial charge in [0, 0.05) is 0 Å². The third kappa shape index (κ3) is 3.98. The summed E-state index contributed by atoms with van der Waals surface area (Å²) < 4.78 is 18.4. The van der Waals surface area contributed by atoms with Crippen molar-refractivity contribution in [1.82, 2.24) is 0 Å². The molecule has 0 saturated carbocycles. The first-order valence-electron chi connectivity index (χ1n) is 7.22. The number of halogens is 2. The second-order valence-corrected chi connectivity index (χ2v) is 5.54. The van der Waals surface area contributed by atoms with Gasteiger partial charge in [-0.3, -0.25) is 0 Å². The molecule has 0 saturated heterocycles. The fourth-order valence-electron chi connectivity index (χ4n) is 2.26. The summed E-state index contributed by atoms with van der Waals surface area (Å²) >= 11 is 6.49. The lowest BCUT2D eigenvalue weighted by Crippen LogP contribution is -1.96. The van der Waals surface area contributed by atoms with E-state index in [0.717, 1.165) is 17.5 Å². The van der Waals surface area contributed by atoms with E-state index < -0.39 is 0 Å². The largest absolute Gasteiger partial charge is 0.494 e. The quantitative estimate of drug-likeness (QED) is 0.640. The van der Waals surface area contributed by atoms with E-state index in [0.29, 0.717) is 0 Å². The molecule has 0 aliphatic rings. The Hall–Kier alpha value is -1.54. The molecule has 0 fully saturated rings. The van der Waals surface area contributed by atoms with Crippen LogP contribution in [0.5, 0.6) is 5.75 Å². The topological polar surface area (TPSA) is 9.23 Å². The summed E-state index contributed by atoms with van der Waals surface area (Å²) in [5, 5.41) is -0.306. The first-order chi connectivity index (χ1) is 10.2. The van der Waals surface area contributed by atoms with Gasteiger partial charge in [0.15, 0.2) is 11.6 Å². The van der Waals surface area contributed by atoms with E-state index in [1.807, 2.05) is 12.1 Å². The van der Waals surface area contributed by atoms with Gasteiger partial charge in [0.25, 0.3) is 0 Å². The summed E-state index contributed by atoms with van der Waals surface area (Å²) in [6.45, 7) is 2.19. The van der Waals surface area contributed by atoms with Crippen LogP contribution in [0.15, 0.2) is 42.5 Å². The van der Waals surface area contributed by atoms with E-state index in [1.165, 1.54) is 31.6 Å². The summed E-state index contributed by atoms with van der Waals surface area (Å²) in [4.78, 5) is 0. The molecule has 1 unspecified atom stereocenters. The molecule has 0 aliphatic carbocycles. The van der Waals surface area contributed by atoms with Gasteiger partial charge in [-0.1, -0.05) is 43.7 Å². The smallest absolute Gasteiger partial charge is 0.165 e. The van der Waals surface area contributed by atoms with Crippen molar-refractivity contribution in [2.75, 3.05) is 7.11 Å². The molecule has 3 heteroatoms. The minimum absolute atomic E-state index is 0.220. The molecule has 0 spiro atoms. The molecule has 1 nitrogen and oxygen atoms in total. The standard InChI is InChI=1S/C18H20ClFO/c1-3-4-5-13-6-8-14(9-7-13)18(19)15-10-11-16(20)17(12-15)21-2/h6-12,18H,3-5H2,1-2H3. The Bertz CT molecular complexity index is 580. The monoisotopic (exact) mass is 306 g/mol. The van der Waals surface area contributed by atoms with Crippen LogP contribution >= 0.6 is 11.6 Å². The first-order valence-corrected chi connectivity index (χ1v) is 7.65. The molecule has 21 heavy (non-hydrogen) atoms. The van der Waals surface area contributed by atoms with Gasteiger partial charge in [0.05, 0.1) is 12.5 Å². The Morgan fingerprint density at radius 1 is 1.10 bits per heavy atom. The average Bonchev–Trinajstić information content (AvgIpc) is 2.53. The van der Waals surface area contributed by atoms with Gasteiger partial charge in [-0.25, -0.2) is 4.39 Å². The zero-order valence-electron chi connectivity index (χ0n) is 12.4. The maximum Gasteiger partial charge on any atom is 0.165 e. The number of rotatable bonds is 6. The third-order valence-corrected chi connectivity index (χ3v) is 4.06. The first kappa shape index (κ1) is 15.8. The molecule has 112 valence electrons. The van der Waals surface area contributed by atoms with Crippen molar-refractivity contribution in [1.29, 1.82) is 0 Å². The van der Waals surface area contributed by atoms with E-state index >= 15 is 0 Å². The molecule has 1 atom stereocenters. The van der Waals surface area contributed by atoms with Gasteiger partial charge in [-0.15, -0.1) is 11.6 Å². The Morgan fingerprint density at radius 3 is 2.38 bits per heavy atom. The molecule has 2 rings (SSSR count). The molecule has 2 aromatic carbocycles. The highest BCUT2D eigenvalue weighted by Gasteiger charge is 2.13. The molecule has 2 aromatic rings. The third-order valence-electron chi connectivity index (χ3n) is 3.56. The highest BCUT2D eigenvalue weighted by molar-refractivity contribution is 6.22. The van der Waals surface area contributed by atoms with Gasteiger partial charge in [0.1, 0.15) is 0 Å². The van der Waals surface area contributed by atoms with Gasteiger partial charge in [0.2, 0.25) is 0 Å². The van der Waals surface area contributed by atoms with Crippen molar-refractivity contribution in [3.05, 3.63) is 65.0 Å². The van der Waals surface area contributed by atoms with Gasteiger partial charge >= 0.3 is 0 Å². The molecule has 0 N–H and O–H groups in total. The second kappa shape index (κ2) is 7.46. The highest BCUT2D eigenvalue weighted by Crippen LogP contribution is 2.32. The van der Waals surface area contributed by atoms with Crippen LogP contribution in [0.2, 0.25) is 0 Å². The Morgan fingerprint density at radius 2 is 1.76 bits per heavy atom. The van der Waals surface area contributed by atoms with Crippen molar-refractivity contribution in [3.63, 3.8) is 0 Å². The molecule has 0 amide bonds. The van der Waals surface area contributed by atoms with Crippen LogP contribution in [0.4, 0.5) is 4.39 Å². The molecular formula is C18H20ClFO. The zero-order chi connectivity index (χ0) is 15.2. The SMILES string of the molecule is CCCCc1ccc(C(Cl)c2ccc(F)c(OC)c2)cc1. The van der Waals surface area contributed by atoms with Crippen LogP contribution < -0.4 is 4.74 Å². The highest BCUT2D eigenvalue weighted by atomic mass is 35.5. The van der Waals surface area contributed by atoms with Crippen LogP contribution in [0, 0.1) is 5.82 Å². The summed E-state index contributed by atoms with van der Waals surface area (Å²) in [5.41, 5.74) is 3.16. The molecule has 0 aliphatic heterocycles. The lowest BCUT2D eigenvalue weighted by atomic mass is 10.0. The molecule has 0 heterocycles. The minimum Gasteiger partial charge on any atom is -0.494 e. The van der Waals surface area contributed by atoms with Gasteiger partial charge < -0.3 is 4.74 Å². The predicted molar refractivity (Wildman–Crippen MR) is 85.7 cm³/mol. The Balaban J connectivity index is 2.17. The van der Waals surface area contributed by atoms with Crippen molar-refractivity contribution < 1.29 is 9.13 Å². The lowest BCUT2D eigenvalue weighted by Gasteiger charge is -2.13. The van der Waals surface area contributed by atoms with Crippen LogP contribution in [0.25, 0.3) is 0 Å². The van der Waals surface area contributed by atoms with Crippen molar-refractivity contribution in [3.8, 4) is 5.75 Å². The number of hydrogen-bond donors (Lipinski definition) is 0. The average molecular weight is 307 g/mol. The maximum absolute atomic E-state index is 13.4. The normalized spacial score (nSPS) is 12.2. The van der Waals surface area contributed by atoms with E-state index in [9.17, 15) is 4.39 Å². The van der Waals surface area contributed by atoms with Crippen LogP contribution in [0.1, 0.15) is 41.8 Å². The summed E-state index contributed by atoms with van der Waals surface area (Å²) in [5.74, 6) is -0.155. The van der Waals surface area contributed by atoms with Crippen molar-refractivity contribution in [2.45, 2.75) is 31.6 Å². The van der Waals surface area contributed by atoms with Crippen LogP contribution in [-0.4, -0.2) is 7.11 Å². The molecular weight excluding hydrogens is 287 g/mol. The van der Waals surface area contributed by atoms with E-state index in [1.54, 1.807) is 12.1 Å². The van der Waals surface area contributed by atoms with Crippen LogP contribution in [0.3, 0.4) is 0 Å². The summed E-state index contributed by atoms with van der Waals surface area (Å²) in [6, 6.07) is 13.0. The number of hydrogen-bond acceptors (Lipinski definition) is 1. The number of benzene rings is 2. The van der Waals surface area contributed by atoms with Crippen molar-refractivity contribution in [2.24, 2.45) is 0 Å². The van der Waals surface area contributed by atoms with Gasteiger partial charge in [-0.05, 0) is 41.7 Å². The zero-order valence-corrected chi connectivity index (χ0v) is 13.2. The molecule has 0 radical (unpaired) electrons. The number of ether oxygens (including phenoxy) is 1. The van der Waals surface area contributed by atoms with E-state index in [4.69, 9.17) is 16.3 Å². The minimum atomic E-state index is -0.375. The number of alkyl halides is 1. The van der Waals surface area contributed by atoms with E-state index in [2.05, 4.69) is 19.1 Å². The number of aryl methyl sites for hydroxylation is 1. The molecule has 0 bridgehead atoms. The fourth-order valence-corrected chi connectivity index (χ4v) is 2.54. The Kier molecular flexibility index (Phi) is 5.63.